The van der Waals surface area contributed by atoms with Gasteiger partial charge in [0.2, 0.25) is 0 Å². The maximum atomic E-state index is 11.9. The van der Waals surface area contributed by atoms with Crippen LogP contribution in [0.2, 0.25) is 0 Å². The lowest BCUT2D eigenvalue weighted by atomic mass is 10.1. The van der Waals surface area contributed by atoms with Crippen molar-refractivity contribution in [1.82, 2.24) is 16.0 Å². The molecule has 0 bridgehead atoms. The molecule has 0 aliphatic heterocycles. The van der Waals surface area contributed by atoms with Crippen LogP contribution in [0, 0.1) is 10.1 Å². The normalized spacial score (nSPS) is 11.7. The molecule has 0 heterocycles. The van der Waals surface area contributed by atoms with E-state index < -0.39 is 22.2 Å². The Hall–Kier alpha value is -2.31. The molecule has 1 aromatic rings. The number of ether oxygens (including phenoxy) is 1. The Bertz CT molecular complexity index is 734. The van der Waals surface area contributed by atoms with Gasteiger partial charge in [0, 0.05) is 32.7 Å². The zero-order chi connectivity index (χ0) is 22.1. The van der Waals surface area contributed by atoms with Crippen LogP contribution in [0.3, 0.4) is 0 Å². The van der Waals surface area contributed by atoms with Crippen LogP contribution in [0.25, 0.3) is 0 Å². The third-order valence-corrected chi connectivity index (χ3v) is 3.59. The predicted octanol–water partition coefficient (Wildman–Crippen LogP) is 3.09. The number of halogens is 1. The number of benzene rings is 1. The third kappa shape index (κ3) is 11.0. The number of guanidine groups is 1. The Balaban J connectivity index is 0.00000841. The molecule has 0 aliphatic carbocycles. The molecule has 1 aromatic carbocycles. The highest BCUT2D eigenvalue weighted by Gasteiger charge is 2.24. The minimum absolute atomic E-state index is 0. The van der Waals surface area contributed by atoms with Gasteiger partial charge in [-0.15, -0.1) is 24.0 Å². The average Bonchev–Trinajstić information content (AvgIpc) is 2.59. The van der Waals surface area contributed by atoms with Gasteiger partial charge in [0.05, 0.1) is 10.5 Å². The first kappa shape index (κ1) is 27.7. The van der Waals surface area contributed by atoms with Crippen LogP contribution < -0.4 is 21.3 Å². The summed E-state index contributed by atoms with van der Waals surface area (Å²) in [6.07, 6.45) is -0.485. The molecule has 0 atom stereocenters. The van der Waals surface area contributed by atoms with Crippen molar-refractivity contribution < 1.29 is 14.5 Å². The quantitative estimate of drug-likeness (QED) is 0.100. The lowest BCUT2D eigenvalue weighted by Gasteiger charge is -2.29. The van der Waals surface area contributed by atoms with Crippen molar-refractivity contribution in [2.45, 2.75) is 45.8 Å². The van der Waals surface area contributed by atoms with Gasteiger partial charge in [0.15, 0.2) is 5.96 Å². The number of nitro groups is 1. The van der Waals surface area contributed by atoms with Crippen LogP contribution in [-0.2, 0) is 4.74 Å². The first-order valence-corrected chi connectivity index (χ1v) is 9.36. The zero-order valence-corrected chi connectivity index (χ0v) is 20.7. The molecule has 30 heavy (non-hydrogen) atoms. The number of amides is 1. The summed E-state index contributed by atoms with van der Waals surface area (Å²) in [5.74, 6) is 0.549. The number of anilines is 1. The van der Waals surface area contributed by atoms with Gasteiger partial charge in [-0.25, -0.2) is 4.79 Å². The smallest absolute Gasteiger partial charge is 0.408 e. The van der Waals surface area contributed by atoms with Crippen molar-refractivity contribution in [3.05, 3.63) is 34.4 Å². The molecule has 0 aromatic heterocycles. The molecular weight excluding hydrogens is 503 g/mol. The molecule has 0 radical (unpaired) electrons. The largest absolute Gasteiger partial charge is 0.444 e. The lowest BCUT2D eigenvalue weighted by molar-refractivity contribution is -0.384. The average molecular weight is 536 g/mol. The van der Waals surface area contributed by atoms with Crippen molar-refractivity contribution in [1.29, 1.82) is 0 Å². The van der Waals surface area contributed by atoms with E-state index in [2.05, 4.69) is 26.3 Å². The molecule has 1 amide bonds. The minimum atomic E-state index is -0.567. The number of hydrogen-bond acceptors (Lipinski definition) is 6. The summed E-state index contributed by atoms with van der Waals surface area (Å²) in [5.41, 5.74) is -0.635. The fourth-order valence-corrected chi connectivity index (χ4v) is 2.31. The Labute approximate surface area is 194 Å². The maximum absolute atomic E-state index is 11.9. The van der Waals surface area contributed by atoms with Gasteiger partial charge in [-0.1, -0.05) is 12.1 Å². The summed E-state index contributed by atoms with van der Waals surface area (Å²) in [5, 5.41) is 23.1. The van der Waals surface area contributed by atoms with E-state index in [0.717, 1.165) is 0 Å². The fraction of sp³-hybridized carbons (Fsp3) is 0.579. The number of carbonyl (C=O) groups excluding carboxylic acids is 1. The summed E-state index contributed by atoms with van der Waals surface area (Å²) in [7, 11) is 1.64. The van der Waals surface area contributed by atoms with Crippen LogP contribution in [0.1, 0.15) is 34.6 Å². The van der Waals surface area contributed by atoms with Crippen molar-refractivity contribution in [3.63, 3.8) is 0 Å². The second kappa shape index (κ2) is 12.4. The molecule has 0 saturated carbocycles. The molecule has 10 nitrogen and oxygen atoms in total. The van der Waals surface area contributed by atoms with Gasteiger partial charge in [0.1, 0.15) is 11.3 Å². The summed E-state index contributed by atoms with van der Waals surface area (Å²) < 4.78 is 5.27. The Morgan fingerprint density at radius 2 is 1.77 bits per heavy atom. The molecule has 0 spiro atoms. The van der Waals surface area contributed by atoms with Gasteiger partial charge in [-0.05, 0) is 40.7 Å². The monoisotopic (exact) mass is 536 g/mol. The van der Waals surface area contributed by atoms with Crippen molar-refractivity contribution >= 4 is 47.4 Å². The number of nitro benzene ring substituents is 1. The third-order valence-electron chi connectivity index (χ3n) is 3.59. The van der Waals surface area contributed by atoms with E-state index in [-0.39, 0.29) is 29.7 Å². The molecule has 0 saturated heterocycles. The standard InChI is InChI=1S/C19H32N6O4.HI/c1-18(2,3)29-17(26)24-19(4,5)13-23-16(20-6)22-12-11-21-14-9-7-8-10-15(14)25(27)28;/h7-10,21H,11-13H2,1-6H3,(H,24,26)(H2,20,22,23);1H. The second-order valence-corrected chi connectivity index (χ2v) is 8.06. The van der Waals surface area contributed by atoms with E-state index in [4.69, 9.17) is 4.74 Å². The molecule has 0 unspecified atom stereocenters. The minimum Gasteiger partial charge on any atom is -0.444 e. The van der Waals surface area contributed by atoms with E-state index >= 15 is 0 Å². The molecule has 11 heteroatoms. The van der Waals surface area contributed by atoms with Gasteiger partial charge < -0.3 is 26.0 Å². The first-order chi connectivity index (χ1) is 13.4. The van der Waals surface area contributed by atoms with Crippen LogP contribution in [0.15, 0.2) is 29.3 Å². The number of aliphatic imine (C=N–C) groups is 1. The molecule has 4 N–H and O–H groups in total. The number of hydrogen-bond donors (Lipinski definition) is 4. The molecule has 1 rings (SSSR count). The summed E-state index contributed by atoms with van der Waals surface area (Å²) in [4.78, 5) is 26.7. The maximum Gasteiger partial charge on any atom is 0.408 e. The van der Waals surface area contributed by atoms with E-state index in [1.165, 1.54) is 6.07 Å². The van der Waals surface area contributed by atoms with Gasteiger partial charge >= 0.3 is 6.09 Å². The predicted molar refractivity (Wildman–Crippen MR) is 130 cm³/mol. The van der Waals surface area contributed by atoms with Crippen LogP contribution >= 0.6 is 24.0 Å². The number of rotatable bonds is 8. The first-order valence-electron chi connectivity index (χ1n) is 9.36. The van der Waals surface area contributed by atoms with Crippen LogP contribution in [0.4, 0.5) is 16.2 Å². The van der Waals surface area contributed by atoms with E-state index in [9.17, 15) is 14.9 Å². The fourth-order valence-electron chi connectivity index (χ4n) is 2.31. The van der Waals surface area contributed by atoms with E-state index in [1.807, 2.05) is 34.6 Å². The number of alkyl carbamates (subject to hydrolysis) is 1. The lowest BCUT2D eigenvalue weighted by Crippen LogP contribution is -2.54. The number of para-hydroxylation sites is 2. The van der Waals surface area contributed by atoms with Crippen molar-refractivity contribution in [2.24, 2.45) is 4.99 Å². The summed E-state index contributed by atoms with van der Waals surface area (Å²) in [6, 6.07) is 6.48. The SMILES string of the molecule is CN=C(NCCNc1ccccc1[N+](=O)[O-])NCC(C)(C)NC(=O)OC(C)(C)C.I. The highest BCUT2D eigenvalue weighted by Crippen LogP contribution is 2.22. The topological polar surface area (TPSA) is 130 Å². The highest BCUT2D eigenvalue weighted by atomic mass is 127. The molecule has 0 fully saturated rings. The Morgan fingerprint density at radius 1 is 1.13 bits per heavy atom. The number of nitrogens with one attached hydrogen (secondary N) is 4. The van der Waals surface area contributed by atoms with Crippen LogP contribution in [-0.4, -0.2) is 54.8 Å². The highest BCUT2D eigenvalue weighted by molar-refractivity contribution is 14.0. The molecule has 0 aliphatic rings. The summed E-state index contributed by atoms with van der Waals surface area (Å²) in [6.45, 7) is 10.5. The van der Waals surface area contributed by atoms with Crippen LogP contribution in [0.5, 0.6) is 0 Å². The van der Waals surface area contributed by atoms with Gasteiger partial charge in [-0.3, -0.25) is 15.1 Å². The van der Waals surface area contributed by atoms with Gasteiger partial charge in [0.25, 0.3) is 5.69 Å². The van der Waals surface area contributed by atoms with Crippen molar-refractivity contribution in [2.75, 3.05) is 32.0 Å². The Kier molecular flexibility index (Phi) is 11.4. The van der Waals surface area contributed by atoms with E-state index in [1.54, 1.807) is 25.2 Å². The van der Waals surface area contributed by atoms with E-state index in [0.29, 0.717) is 31.3 Å². The van der Waals surface area contributed by atoms with Crippen molar-refractivity contribution in [3.8, 4) is 0 Å². The molecule has 170 valence electrons. The Morgan fingerprint density at radius 3 is 2.33 bits per heavy atom. The second-order valence-electron chi connectivity index (χ2n) is 8.06. The van der Waals surface area contributed by atoms with Gasteiger partial charge in [-0.2, -0.15) is 0 Å². The molecular formula is C19H33IN6O4. The number of carbonyl (C=O) groups is 1. The summed E-state index contributed by atoms with van der Waals surface area (Å²) >= 11 is 0. The zero-order valence-electron chi connectivity index (χ0n) is 18.4. The number of nitrogens with zero attached hydrogens (tertiary/aromatic N) is 2.